The summed E-state index contributed by atoms with van der Waals surface area (Å²) >= 11 is 5.94. The molecule has 3 rings (SSSR count). The molecule has 0 aliphatic rings. The first-order chi connectivity index (χ1) is 8.74. The summed E-state index contributed by atoms with van der Waals surface area (Å²) in [5.41, 5.74) is 1.74. The van der Waals surface area contributed by atoms with Gasteiger partial charge in [0, 0.05) is 27.7 Å². The second kappa shape index (κ2) is 4.46. The SMILES string of the molecule is Fc1ccccc1Cn1ccc2cc(Cl)ccc21. The molecule has 2 aromatic carbocycles. The number of hydrogen-bond acceptors (Lipinski definition) is 0. The molecule has 0 aliphatic heterocycles. The van der Waals surface area contributed by atoms with Crippen molar-refractivity contribution in [2.45, 2.75) is 6.54 Å². The van der Waals surface area contributed by atoms with E-state index in [2.05, 4.69) is 0 Å². The summed E-state index contributed by atoms with van der Waals surface area (Å²) in [5, 5.41) is 1.78. The molecule has 0 saturated heterocycles. The Morgan fingerprint density at radius 3 is 2.72 bits per heavy atom. The van der Waals surface area contributed by atoms with E-state index in [1.165, 1.54) is 6.07 Å². The van der Waals surface area contributed by atoms with Crippen LogP contribution in [0.2, 0.25) is 5.02 Å². The minimum absolute atomic E-state index is 0.173. The maximum Gasteiger partial charge on any atom is 0.128 e. The van der Waals surface area contributed by atoms with Crippen molar-refractivity contribution in [1.82, 2.24) is 4.57 Å². The summed E-state index contributed by atoms with van der Waals surface area (Å²) in [4.78, 5) is 0. The van der Waals surface area contributed by atoms with Crippen LogP contribution in [0.25, 0.3) is 10.9 Å². The lowest BCUT2D eigenvalue weighted by molar-refractivity contribution is 0.602. The van der Waals surface area contributed by atoms with E-state index in [1.807, 2.05) is 41.1 Å². The van der Waals surface area contributed by atoms with Crippen LogP contribution in [-0.2, 0) is 6.54 Å². The number of fused-ring (bicyclic) bond motifs is 1. The molecule has 0 fully saturated rings. The molecular weight excluding hydrogens is 249 g/mol. The zero-order chi connectivity index (χ0) is 12.5. The second-order valence-corrected chi connectivity index (χ2v) is 4.67. The van der Waals surface area contributed by atoms with E-state index in [-0.39, 0.29) is 5.82 Å². The van der Waals surface area contributed by atoms with Crippen molar-refractivity contribution >= 4 is 22.5 Å². The average molecular weight is 260 g/mol. The number of hydrogen-bond donors (Lipinski definition) is 0. The Labute approximate surface area is 109 Å². The predicted octanol–water partition coefficient (Wildman–Crippen LogP) is 4.48. The van der Waals surface area contributed by atoms with Gasteiger partial charge < -0.3 is 4.57 Å². The summed E-state index contributed by atoms with van der Waals surface area (Å²) in [6.07, 6.45) is 1.95. The predicted molar refractivity (Wildman–Crippen MR) is 72.5 cm³/mol. The van der Waals surface area contributed by atoms with Gasteiger partial charge >= 0.3 is 0 Å². The molecule has 0 spiro atoms. The highest BCUT2D eigenvalue weighted by molar-refractivity contribution is 6.31. The van der Waals surface area contributed by atoms with Crippen molar-refractivity contribution in [1.29, 1.82) is 0 Å². The number of aromatic nitrogens is 1. The molecule has 0 N–H and O–H groups in total. The van der Waals surface area contributed by atoms with Gasteiger partial charge in [-0.25, -0.2) is 4.39 Å². The van der Waals surface area contributed by atoms with E-state index in [0.717, 1.165) is 10.9 Å². The molecule has 0 atom stereocenters. The van der Waals surface area contributed by atoms with Gasteiger partial charge in [-0.3, -0.25) is 0 Å². The summed E-state index contributed by atoms with van der Waals surface area (Å²) in [7, 11) is 0. The Morgan fingerprint density at radius 1 is 1.06 bits per heavy atom. The molecule has 0 aliphatic carbocycles. The topological polar surface area (TPSA) is 4.93 Å². The van der Waals surface area contributed by atoms with Crippen molar-refractivity contribution in [3.05, 3.63) is 71.1 Å². The molecule has 0 radical (unpaired) electrons. The van der Waals surface area contributed by atoms with E-state index in [9.17, 15) is 4.39 Å². The van der Waals surface area contributed by atoms with Gasteiger partial charge in [0.2, 0.25) is 0 Å². The van der Waals surface area contributed by atoms with Gasteiger partial charge in [-0.2, -0.15) is 0 Å². The van der Waals surface area contributed by atoms with Crippen LogP contribution in [0.3, 0.4) is 0 Å². The third-order valence-electron chi connectivity index (χ3n) is 3.03. The van der Waals surface area contributed by atoms with Crippen molar-refractivity contribution in [3.63, 3.8) is 0 Å². The monoisotopic (exact) mass is 259 g/mol. The van der Waals surface area contributed by atoms with Gasteiger partial charge in [-0.05, 0) is 30.3 Å². The normalized spacial score (nSPS) is 11.0. The van der Waals surface area contributed by atoms with Crippen LogP contribution >= 0.6 is 11.6 Å². The third-order valence-corrected chi connectivity index (χ3v) is 3.27. The van der Waals surface area contributed by atoms with Crippen LogP contribution in [0.15, 0.2) is 54.7 Å². The molecule has 0 saturated carbocycles. The Balaban J connectivity index is 2.03. The largest absolute Gasteiger partial charge is 0.343 e. The van der Waals surface area contributed by atoms with Crippen LogP contribution < -0.4 is 0 Å². The summed E-state index contributed by atoms with van der Waals surface area (Å²) < 4.78 is 15.6. The molecule has 1 nitrogen and oxygen atoms in total. The summed E-state index contributed by atoms with van der Waals surface area (Å²) in [6, 6.07) is 14.5. The zero-order valence-corrected chi connectivity index (χ0v) is 10.4. The van der Waals surface area contributed by atoms with Crippen molar-refractivity contribution in [2.24, 2.45) is 0 Å². The highest BCUT2D eigenvalue weighted by Gasteiger charge is 2.05. The third kappa shape index (κ3) is 2.00. The average Bonchev–Trinajstić information content (AvgIpc) is 2.74. The molecule has 18 heavy (non-hydrogen) atoms. The Morgan fingerprint density at radius 2 is 1.89 bits per heavy atom. The quantitative estimate of drug-likeness (QED) is 0.639. The standard InChI is InChI=1S/C15H11ClFN/c16-13-5-6-15-11(9-13)7-8-18(15)10-12-3-1-2-4-14(12)17/h1-9H,10H2. The molecular formula is C15H11ClFN. The van der Waals surface area contributed by atoms with Gasteiger partial charge in [0.25, 0.3) is 0 Å². The van der Waals surface area contributed by atoms with Crippen LogP contribution in [-0.4, -0.2) is 4.57 Å². The van der Waals surface area contributed by atoms with Crippen LogP contribution in [0.5, 0.6) is 0 Å². The van der Waals surface area contributed by atoms with Crippen molar-refractivity contribution < 1.29 is 4.39 Å². The lowest BCUT2D eigenvalue weighted by atomic mass is 10.2. The van der Waals surface area contributed by atoms with Gasteiger partial charge in [0.05, 0.1) is 6.54 Å². The lowest BCUT2D eigenvalue weighted by Gasteiger charge is -2.06. The van der Waals surface area contributed by atoms with Gasteiger partial charge in [0.1, 0.15) is 5.82 Å². The molecule has 0 bridgehead atoms. The summed E-state index contributed by atoms with van der Waals surface area (Å²) in [6.45, 7) is 0.526. The molecule has 3 aromatic rings. The molecule has 0 amide bonds. The zero-order valence-electron chi connectivity index (χ0n) is 9.61. The minimum Gasteiger partial charge on any atom is -0.343 e. The molecule has 1 aromatic heterocycles. The minimum atomic E-state index is -0.173. The van der Waals surface area contributed by atoms with Gasteiger partial charge in [-0.1, -0.05) is 29.8 Å². The van der Waals surface area contributed by atoms with Crippen LogP contribution in [0, 0.1) is 5.82 Å². The maximum absolute atomic E-state index is 13.6. The van der Waals surface area contributed by atoms with Crippen LogP contribution in [0.4, 0.5) is 4.39 Å². The fraction of sp³-hybridized carbons (Fsp3) is 0.0667. The Bertz CT molecular complexity index is 703. The molecule has 1 heterocycles. The van der Waals surface area contributed by atoms with Crippen LogP contribution in [0.1, 0.15) is 5.56 Å². The lowest BCUT2D eigenvalue weighted by Crippen LogP contribution is -2.00. The number of nitrogens with zero attached hydrogens (tertiary/aromatic N) is 1. The first-order valence-corrected chi connectivity index (χ1v) is 6.09. The summed E-state index contributed by atoms with van der Waals surface area (Å²) in [5.74, 6) is -0.173. The number of benzene rings is 2. The first kappa shape index (κ1) is 11.3. The first-order valence-electron chi connectivity index (χ1n) is 5.72. The highest BCUT2D eigenvalue weighted by atomic mass is 35.5. The van der Waals surface area contributed by atoms with Crippen molar-refractivity contribution in [3.8, 4) is 0 Å². The Kier molecular flexibility index (Phi) is 2.80. The fourth-order valence-corrected chi connectivity index (χ4v) is 2.30. The number of halogens is 2. The molecule has 0 unspecified atom stereocenters. The van der Waals surface area contributed by atoms with Gasteiger partial charge in [-0.15, -0.1) is 0 Å². The number of rotatable bonds is 2. The maximum atomic E-state index is 13.6. The van der Waals surface area contributed by atoms with E-state index in [1.54, 1.807) is 12.1 Å². The van der Waals surface area contributed by atoms with E-state index >= 15 is 0 Å². The van der Waals surface area contributed by atoms with E-state index < -0.39 is 0 Å². The Hall–Kier alpha value is -1.80. The smallest absolute Gasteiger partial charge is 0.128 e. The van der Waals surface area contributed by atoms with Gasteiger partial charge in [0.15, 0.2) is 0 Å². The molecule has 90 valence electrons. The second-order valence-electron chi connectivity index (χ2n) is 4.24. The highest BCUT2D eigenvalue weighted by Crippen LogP contribution is 2.21. The fourth-order valence-electron chi connectivity index (χ4n) is 2.12. The van der Waals surface area contributed by atoms with E-state index in [0.29, 0.717) is 17.1 Å². The van der Waals surface area contributed by atoms with E-state index in [4.69, 9.17) is 11.6 Å². The van der Waals surface area contributed by atoms with Crippen molar-refractivity contribution in [2.75, 3.05) is 0 Å². The molecule has 3 heteroatoms.